The van der Waals surface area contributed by atoms with E-state index in [0.29, 0.717) is 25.8 Å². The summed E-state index contributed by atoms with van der Waals surface area (Å²) in [6, 6.07) is -0.400. The molecule has 2 amide bonds. The molecule has 1 heterocycles. The summed E-state index contributed by atoms with van der Waals surface area (Å²) in [5.41, 5.74) is -0.727. The number of carbonyl (C=O) groups excluding carboxylic acids is 2. The van der Waals surface area contributed by atoms with Crippen molar-refractivity contribution in [2.24, 2.45) is 0 Å². The van der Waals surface area contributed by atoms with Crippen LogP contribution in [0.3, 0.4) is 0 Å². The maximum absolute atomic E-state index is 12.5. The number of methoxy groups -OCH3 is 1. The van der Waals surface area contributed by atoms with E-state index in [0.717, 1.165) is 0 Å². The Kier molecular flexibility index (Phi) is 5.35. The van der Waals surface area contributed by atoms with Crippen LogP contribution < -0.4 is 5.32 Å². The quantitative estimate of drug-likeness (QED) is 0.792. The molecule has 0 aliphatic carbocycles. The van der Waals surface area contributed by atoms with Crippen LogP contribution in [-0.2, 0) is 14.3 Å². The molecule has 0 aromatic carbocycles. The van der Waals surface area contributed by atoms with Crippen LogP contribution in [0.1, 0.15) is 47.0 Å². The number of rotatable bonds is 6. The summed E-state index contributed by atoms with van der Waals surface area (Å²) in [6.07, 6.45) is 1.78. The van der Waals surface area contributed by atoms with Crippen LogP contribution in [0.2, 0.25) is 0 Å². The standard InChI is InChI=1S/C14H26N2O3/c1-6-11-12(17)16(9-10(4)19-5)14(7-2,8-3)13(18)15-11/h10-11H,6-9H2,1-5H3,(H,15,18). The highest BCUT2D eigenvalue weighted by atomic mass is 16.5. The fourth-order valence-electron chi connectivity index (χ4n) is 2.70. The van der Waals surface area contributed by atoms with Gasteiger partial charge in [-0.2, -0.15) is 0 Å². The van der Waals surface area contributed by atoms with Crippen LogP contribution in [0.25, 0.3) is 0 Å². The van der Waals surface area contributed by atoms with Gasteiger partial charge in [0.15, 0.2) is 0 Å². The van der Waals surface area contributed by atoms with Gasteiger partial charge in [0, 0.05) is 13.7 Å². The third-order valence-corrected chi connectivity index (χ3v) is 4.23. The Balaban J connectivity index is 3.11. The second-order valence-electron chi connectivity index (χ2n) is 5.17. The van der Waals surface area contributed by atoms with Crippen molar-refractivity contribution in [2.75, 3.05) is 13.7 Å². The van der Waals surface area contributed by atoms with Gasteiger partial charge in [-0.1, -0.05) is 20.8 Å². The van der Waals surface area contributed by atoms with Crippen molar-refractivity contribution in [3.05, 3.63) is 0 Å². The number of carbonyl (C=O) groups is 2. The second kappa shape index (κ2) is 6.37. The molecule has 1 aliphatic rings. The van der Waals surface area contributed by atoms with Crippen molar-refractivity contribution in [3.63, 3.8) is 0 Å². The topological polar surface area (TPSA) is 58.6 Å². The van der Waals surface area contributed by atoms with Crippen molar-refractivity contribution in [1.29, 1.82) is 0 Å². The van der Waals surface area contributed by atoms with Crippen LogP contribution >= 0.6 is 0 Å². The first-order valence-electron chi connectivity index (χ1n) is 7.12. The highest BCUT2D eigenvalue weighted by molar-refractivity contribution is 5.99. The maximum atomic E-state index is 12.5. The lowest BCUT2D eigenvalue weighted by Gasteiger charge is -2.48. The van der Waals surface area contributed by atoms with Crippen molar-refractivity contribution in [1.82, 2.24) is 10.2 Å². The van der Waals surface area contributed by atoms with Gasteiger partial charge in [0.2, 0.25) is 11.8 Å². The predicted molar refractivity (Wildman–Crippen MR) is 73.7 cm³/mol. The molecule has 19 heavy (non-hydrogen) atoms. The van der Waals surface area contributed by atoms with E-state index < -0.39 is 11.6 Å². The molecule has 110 valence electrons. The SMILES string of the molecule is CCC1NC(=O)C(CC)(CC)N(CC(C)OC)C1=O. The third-order valence-electron chi connectivity index (χ3n) is 4.23. The monoisotopic (exact) mass is 270 g/mol. The van der Waals surface area contributed by atoms with E-state index in [9.17, 15) is 9.59 Å². The van der Waals surface area contributed by atoms with Crippen LogP contribution in [0, 0.1) is 0 Å². The summed E-state index contributed by atoms with van der Waals surface area (Å²) in [6.45, 7) is 8.18. The number of piperazine rings is 1. The molecule has 0 spiro atoms. The van der Waals surface area contributed by atoms with Crippen LogP contribution in [0.15, 0.2) is 0 Å². The van der Waals surface area contributed by atoms with Gasteiger partial charge in [-0.25, -0.2) is 0 Å². The predicted octanol–water partition coefficient (Wildman–Crippen LogP) is 1.32. The molecule has 0 saturated carbocycles. The zero-order chi connectivity index (χ0) is 14.6. The van der Waals surface area contributed by atoms with Gasteiger partial charge in [0.05, 0.1) is 6.10 Å². The largest absolute Gasteiger partial charge is 0.380 e. The molecule has 2 atom stereocenters. The summed E-state index contributed by atoms with van der Waals surface area (Å²) in [4.78, 5) is 26.7. The van der Waals surface area contributed by atoms with Crippen molar-refractivity contribution in [2.45, 2.75) is 64.6 Å². The van der Waals surface area contributed by atoms with Gasteiger partial charge in [-0.15, -0.1) is 0 Å². The number of amides is 2. The van der Waals surface area contributed by atoms with Gasteiger partial charge in [-0.3, -0.25) is 9.59 Å². The molecule has 0 bridgehead atoms. The second-order valence-corrected chi connectivity index (χ2v) is 5.17. The molecule has 0 aromatic heterocycles. The highest BCUT2D eigenvalue weighted by Gasteiger charge is 2.49. The van der Waals surface area contributed by atoms with E-state index in [4.69, 9.17) is 4.74 Å². The van der Waals surface area contributed by atoms with Crippen molar-refractivity contribution < 1.29 is 14.3 Å². The lowest BCUT2D eigenvalue weighted by Crippen LogP contribution is -2.71. The molecule has 1 saturated heterocycles. The van der Waals surface area contributed by atoms with Crippen molar-refractivity contribution in [3.8, 4) is 0 Å². The zero-order valence-electron chi connectivity index (χ0n) is 12.7. The molecule has 1 rings (SSSR count). The lowest BCUT2D eigenvalue weighted by atomic mass is 9.85. The lowest BCUT2D eigenvalue weighted by molar-refractivity contribution is -0.160. The minimum Gasteiger partial charge on any atom is -0.380 e. The Morgan fingerprint density at radius 3 is 2.32 bits per heavy atom. The third kappa shape index (κ3) is 2.76. The van der Waals surface area contributed by atoms with Crippen LogP contribution in [0.5, 0.6) is 0 Å². The molecule has 1 N–H and O–H groups in total. The van der Waals surface area contributed by atoms with Gasteiger partial charge in [0.1, 0.15) is 11.6 Å². The summed E-state index contributed by atoms with van der Waals surface area (Å²) < 4.78 is 5.26. The molecule has 2 unspecified atom stereocenters. The number of nitrogens with one attached hydrogen (secondary N) is 1. The Morgan fingerprint density at radius 1 is 1.32 bits per heavy atom. The highest BCUT2D eigenvalue weighted by Crippen LogP contribution is 2.29. The number of hydrogen-bond acceptors (Lipinski definition) is 3. The Hall–Kier alpha value is -1.10. The average Bonchev–Trinajstić information content (AvgIpc) is 2.43. The first kappa shape index (κ1) is 16.0. The van der Waals surface area contributed by atoms with Gasteiger partial charge in [0.25, 0.3) is 0 Å². The average molecular weight is 270 g/mol. The van der Waals surface area contributed by atoms with E-state index >= 15 is 0 Å². The molecular formula is C14H26N2O3. The van der Waals surface area contributed by atoms with Crippen LogP contribution in [-0.4, -0.2) is 48.1 Å². The smallest absolute Gasteiger partial charge is 0.246 e. The summed E-state index contributed by atoms with van der Waals surface area (Å²) in [7, 11) is 1.62. The molecular weight excluding hydrogens is 244 g/mol. The van der Waals surface area contributed by atoms with E-state index in [-0.39, 0.29) is 17.9 Å². The molecule has 5 heteroatoms. The Bertz CT molecular complexity index is 340. The fourth-order valence-corrected chi connectivity index (χ4v) is 2.70. The first-order valence-corrected chi connectivity index (χ1v) is 7.12. The van der Waals surface area contributed by atoms with Gasteiger partial charge >= 0.3 is 0 Å². The Morgan fingerprint density at radius 2 is 1.89 bits per heavy atom. The van der Waals surface area contributed by atoms with E-state index in [2.05, 4.69) is 5.32 Å². The minimum absolute atomic E-state index is 0.00898. The number of nitrogens with zero attached hydrogens (tertiary/aromatic N) is 1. The van der Waals surface area contributed by atoms with Crippen LogP contribution in [0.4, 0.5) is 0 Å². The minimum atomic E-state index is -0.727. The summed E-state index contributed by atoms with van der Waals surface area (Å²) in [5, 5.41) is 2.86. The fraction of sp³-hybridized carbons (Fsp3) is 0.857. The maximum Gasteiger partial charge on any atom is 0.246 e. The molecule has 5 nitrogen and oxygen atoms in total. The molecule has 0 radical (unpaired) electrons. The number of hydrogen-bond donors (Lipinski definition) is 1. The van der Waals surface area contributed by atoms with E-state index in [1.807, 2.05) is 27.7 Å². The van der Waals surface area contributed by atoms with Gasteiger partial charge in [-0.05, 0) is 26.2 Å². The normalized spacial score (nSPS) is 24.3. The zero-order valence-corrected chi connectivity index (χ0v) is 12.7. The van der Waals surface area contributed by atoms with E-state index in [1.54, 1.807) is 12.0 Å². The van der Waals surface area contributed by atoms with Crippen molar-refractivity contribution >= 4 is 11.8 Å². The van der Waals surface area contributed by atoms with E-state index in [1.165, 1.54) is 0 Å². The molecule has 0 aromatic rings. The molecule has 1 fully saturated rings. The summed E-state index contributed by atoms with van der Waals surface area (Å²) in [5.74, 6) is -0.0260. The van der Waals surface area contributed by atoms with Gasteiger partial charge < -0.3 is 15.0 Å². The number of ether oxygens (including phenoxy) is 1. The first-order chi connectivity index (χ1) is 8.96. The summed E-state index contributed by atoms with van der Waals surface area (Å²) >= 11 is 0. The Labute approximate surface area is 115 Å². The molecule has 1 aliphatic heterocycles.